The Morgan fingerprint density at radius 1 is 1.42 bits per heavy atom. The molecule has 0 aliphatic carbocycles. The van der Waals surface area contributed by atoms with Crippen molar-refractivity contribution in [1.29, 1.82) is 0 Å². The summed E-state index contributed by atoms with van der Waals surface area (Å²) >= 11 is 0. The number of likely N-dealkylation sites (N-methyl/N-ethyl adjacent to an activating group) is 1. The highest BCUT2D eigenvalue weighted by molar-refractivity contribution is 5.53. The van der Waals surface area contributed by atoms with Gasteiger partial charge < -0.3 is 4.90 Å². The number of nitro benzene ring substituents is 1. The molecule has 1 heterocycles. The second kappa shape index (κ2) is 5.15. The first-order valence-corrected chi connectivity index (χ1v) is 5.78. The molecule has 0 bridgehead atoms. The Bertz CT molecular complexity index is 523. The SMILES string of the molecule is C=C1N=NN(c2ccc([N+](=O)[O-])cc2)[C@@H]1CN(C)C. The number of anilines is 1. The molecule has 0 spiro atoms. The second-order valence-electron chi connectivity index (χ2n) is 4.58. The Labute approximate surface area is 111 Å². The zero-order chi connectivity index (χ0) is 14.0. The van der Waals surface area contributed by atoms with E-state index in [0.717, 1.165) is 12.2 Å². The summed E-state index contributed by atoms with van der Waals surface area (Å²) in [5.41, 5.74) is 1.51. The van der Waals surface area contributed by atoms with Crippen molar-refractivity contribution in [3.63, 3.8) is 0 Å². The molecule has 0 amide bonds. The molecule has 7 nitrogen and oxygen atoms in total. The maximum Gasteiger partial charge on any atom is 0.269 e. The van der Waals surface area contributed by atoms with Crippen LogP contribution in [0.25, 0.3) is 0 Å². The second-order valence-corrected chi connectivity index (χ2v) is 4.58. The molecule has 0 unspecified atom stereocenters. The smallest absolute Gasteiger partial charge is 0.269 e. The zero-order valence-corrected chi connectivity index (χ0v) is 10.9. The molecule has 100 valence electrons. The summed E-state index contributed by atoms with van der Waals surface area (Å²) in [5.74, 6) is 0. The largest absolute Gasteiger partial charge is 0.307 e. The minimum Gasteiger partial charge on any atom is -0.307 e. The number of nitro groups is 1. The van der Waals surface area contributed by atoms with Gasteiger partial charge in [0.1, 0.15) is 6.04 Å². The van der Waals surface area contributed by atoms with Crippen LogP contribution in [0.4, 0.5) is 11.4 Å². The molecule has 0 saturated carbocycles. The number of hydrogen-bond acceptors (Lipinski definition) is 6. The van der Waals surface area contributed by atoms with E-state index in [1.165, 1.54) is 12.1 Å². The monoisotopic (exact) mass is 261 g/mol. The summed E-state index contributed by atoms with van der Waals surface area (Å²) in [7, 11) is 3.92. The van der Waals surface area contributed by atoms with Gasteiger partial charge in [-0.25, -0.2) is 5.01 Å². The Morgan fingerprint density at radius 2 is 2.05 bits per heavy atom. The summed E-state index contributed by atoms with van der Waals surface area (Å²) in [5, 5.41) is 20.4. The number of hydrogen-bond donors (Lipinski definition) is 0. The van der Waals surface area contributed by atoms with Crippen LogP contribution >= 0.6 is 0 Å². The van der Waals surface area contributed by atoms with Crippen molar-refractivity contribution in [2.24, 2.45) is 10.3 Å². The zero-order valence-electron chi connectivity index (χ0n) is 10.9. The summed E-state index contributed by atoms with van der Waals surface area (Å²) in [6, 6.07) is 6.20. The topological polar surface area (TPSA) is 74.3 Å². The van der Waals surface area contributed by atoms with Crippen LogP contribution in [0.15, 0.2) is 46.9 Å². The molecule has 1 aromatic rings. The molecule has 0 aromatic heterocycles. The molecule has 7 heteroatoms. The van der Waals surface area contributed by atoms with Crippen LogP contribution in [0.3, 0.4) is 0 Å². The molecule has 1 aromatic carbocycles. The van der Waals surface area contributed by atoms with E-state index in [-0.39, 0.29) is 11.7 Å². The summed E-state index contributed by atoms with van der Waals surface area (Å²) in [4.78, 5) is 12.2. The third-order valence-corrected chi connectivity index (χ3v) is 2.81. The van der Waals surface area contributed by atoms with Crippen LogP contribution < -0.4 is 5.01 Å². The highest BCUT2D eigenvalue weighted by Gasteiger charge is 2.28. The van der Waals surface area contributed by atoms with Crippen molar-refractivity contribution in [2.45, 2.75) is 6.04 Å². The van der Waals surface area contributed by atoms with Gasteiger partial charge in [-0.3, -0.25) is 10.1 Å². The molecule has 2 rings (SSSR count). The third-order valence-electron chi connectivity index (χ3n) is 2.81. The Kier molecular flexibility index (Phi) is 3.57. The van der Waals surface area contributed by atoms with Crippen molar-refractivity contribution in [1.82, 2.24) is 4.90 Å². The Balaban J connectivity index is 2.22. The van der Waals surface area contributed by atoms with Gasteiger partial charge in [-0.1, -0.05) is 11.8 Å². The normalized spacial score (nSPS) is 18.4. The minimum absolute atomic E-state index is 0.0449. The van der Waals surface area contributed by atoms with E-state index in [2.05, 4.69) is 16.9 Å². The molecule has 1 atom stereocenters. The van der Waals surface area contributed by atoms with Crippen LogP contribution in [-0.4, -0.2) is 36.5 Å². The number of rotatable bonds is 4. The van der Waals surface area contributed by atoms with Gasteiger partial charge in [-0.2, -0.15) is 0 Å². The average Bonchev–Trinajstić information content (AvgIpc) is 2.71. The maximum absolute atomic E-state index is 10.6. The van der Waals surface area contributed by atoms with Crippen LogP contribution in [0.1, 0.15) is 0 Å². The molecular weight excluding hydrogens is 246 g/mol. The van der Waals surface area contributed by atoms with Crippen LogP contribution in [0.2, 0.25) is 0 Å². The van der Waals surface area contributed by atoms with Crippen molar-refractivity contribution < 1.29 is 4.92 Å². The summed E-state index contributed by atoms with van der Waals surface area (Å²) < 4.78 is 0. The Morgan fingerprint density at radius 3 is 2.58 bits per heavy atom. The standard InChI is InChI=1S/C12H15N5O2/c1-9-12(8-15(2)3)16(14-13-9)10-4-6-11(7-5-10)17(18)19/h4-7,12H,1,8H2,2-3H3/t12-/m1/s1. The highest BCUT2D eigenvalue weighted by atomic mass is 16.6. The van der Waals surface area contributed by atoms with Crippen molar-refractivity contribution in [2.75, 3.05) is 25.6 Å². The quantitative estimate of drug-likeness (QED) is 0.615. The highest BCUT2D eigenvalue weighted by Crippen LogP contribution is 2.28. The lowest BCUT2D eigenvalue weighted by molar-refractivity contribution is -0.384. The summed E-state index contributed by atoms with van der Waals surface area (Å²) in [6.07, 6.45) is 0. The molecule has 19 heavy (non-hydrogen) atoms. The van der Waals surface area contributed by atoms with Gasteiger partial charge >= 0.3 is 0 Å². The van der Waals surface area contributed by atoms with Gasteiger partial charge in [0.05, 0.1) is 16.3 Å². The molecule has 0 N–H and O–H groups in total. The van der Waals surface area contributed by atoms with Crippen molar-refractivity contribution >= 4 is 11.4 Å². The fraction of sp³-hybridized carbons (Fsp3) is 0.333. The van der Waals surface area contributed by atoms with E-state index >= 15 is 0 Å². The van der Waals surface area contributed by atoms with Gasteiger partial charge in [0.15, 0.2) is 0 Å². The predicted octanol–water partition coefficient (Wildman–Crippen LogP) is 2.23. The average molecular weight is 261 g/mol. The lowest BCUT2D eigenvalue weighted by Crippen LogP contribution is -2.37. The van der Waals surface area contributed by atoms with Gasteiger partial charge in [0.2, 0.25) is 0 Å². The fourth-order valence-electron chi connectivity index (χ4n) is 1.86. The number of nitrogens with zero attached hydrogens (tertiary/aromatic N) is 5. The lowest BCUT2D eigenvalue weighted by Gasteiger charge is -2.24. The molecular formula is C12H15N5O2. The van der Waals surface area contributed by atoms with Gasteiger partial charge in [0.25, 0.3) is 5.69 Å². The molecule has 0 radical (unpaired) electrons. The van der Waals surface area contributed by atoms with Gasteiger partial charge in [-0.05, 0) is 26.2 Å². The first kappa shape index (κ1) is 13.2. The lowest BCUT2D eigenvalue weighted by atomic mass is 10.2. The van der Waals surface area contributed by atoms with Crippen LogP contribution in [-0.2, 0) is 0 Å². The number of benzene rings is 1. The van der Waals surface area contributed by atoms with Gasteiger partial charge in [0, 0.05) is 18.7 Å². The fourth-order valence-corrected chi connectivity index (χ4v) is 1.86. The van der Waals surface area contributed by atoms with Crippen LogP contribution in [0.5, 0.6) is 0 Å². The Hall–Kier alpha value is -2.28. The predicted molar refractivity (Wildman–Crippen MR) is 71.9 cm³/mol. The summed E-state index contributed by atoms with van der Waals surface area (Å²) in [6.45, 7) is 4.60. The molecule has 0 saturated heterocycles. The van der Waals surface area contributed by atoms with E-state index in [4.69, 9.17) is 0 Å². The molecule has 1 aliphatic rings. The first-order valence-electron chi connectivity index (χ1n) is 5.78. The van der Waals surface area contributed by atoms with E-state index in [0.29, 0.717) is 5.70 Å². The third kappa shape index (κ3) is 2.76. The molecule has 0 fully saturated rings. The van der Waals surface area contributed by atoms with Crippen molar-refractivity contribution in [3.8, 4) is 0 Å². The minimum atomic E-state index is -0.425. The van der Waals surface area contributed by atoms with E-state index in [1.54, 1.807) is 17.1 Å². The van der Waals surface area contributed by atoms with Crippen molar-refractivity contribution in [3.05, 3.63) is 46.7 Å². The maximum atomic E-state index is 10.6. The van der Waals surface area contributed by atoms with Crippen LogP contribution in [0, 0.1) is 10.1 Å². The van der Waals surface area contributed by atoms with E-state index in [1.807, 2.05) is 19.0 Å². The van der Waals surface area contributed by atoms with E-state index in [9.17, 15) is 10.1 Å². The first-order chi connectivity index (χ1) is 8.99. The number of non-ortho nitro benzene ring substituents is 1. The van der Waals surface area contributed by atoms with E-state index < -0.39 is 4.92 Å². The molecule has 1 aliphatic heterocycles. The van der Waals surface area contributed by atoms with Gasteiger partial charge in [-0.15, -0.1) is 5.11 Å².